The van der Waals surface area contributed by atoms with E-state index in [0.29, 0.717) is 36.2 Å². The van der Waals surface area contributed by atoms with Crippen molar-refractivity contribution in [3.8, 4) is 16.9 Å². The predicted octanol–water partition coefficient (Wildman–Crippen LogP) is 4.30. The van der Waals surface area contributed by atoms with Gasteiger partial charge in [0.1, 0.15) is 16.5 Å². The molecule has 1 saturated heterocycles. The Morgan fingerprint density at radius 2 is 1.92 bits per heavy atom. The number of urea groups is 1. The number of nitrogens with one attached hydrogen (secondary N) is 2. The number of anilines is 1. The minimum atomic E-state index is -0.410. The van der Waals surface area contributed by atoms with Crippen LogP contribution < -0.4 is 10.6 Å². The topological polar surface area (TPSA) is 89.2 Å². The average Bonchev–Trinajstić information content (AvgIpc) is 3.61. The van der Waals surface area contributed by atoms with Crippen molar-refractivity contribution >= 4 is 23.4 Å². The lowest BCUT2D eigenvalue weighted by Crippen LogP contribution is -2.42. The van der Waals surface area contributed by atoms with E-state index in [1.54, 1.807) is 34.8 Å². The van der Waals surface area contributed by atoms with Crippen LogP contribution in [0.2, 0.25) is 5.02 Å². The number of methoxy groups -OCH3 is 1. The van der Waals surface area contributed by atoms with Crippen LogP contribution in [0.15, 0.2) is 67.0 Å². The summed E-state index contributed by atoms with van der Waals surface area (Å²) in [5, 5.41) is 15.3. The molecule has 38 heavy (non-hydrogen) atoms. The molecule has 0 spiro atoms. The van der Waals surface area contributed by atoms with Crippen LogP contribution in [-0.4, -0.2) is 69.9 Å². The van der Waals surface area contributed by atoms with Crippen molar-refractivity contribution in [3.05, 3.63) is 83.4 Å². The predicted molar refractivity (Wildman–Crippen MR) is 144 cm³/mol. The Hall–Kier alpha value is -3.73. The summed E-state index contributed by atoms with van der Waals surface area (Å²) in [6, 6.07) is 15.3. The Labute approximate surface area is 225 Å². The number of aromatic nitrogens is 4. The Balaban J connectivity index is 1.41. The Bertz CT molecular complexity index is 1390. The number of hydrogen-bond acceptors (Lipinski definition) is 5. The molecular formula is C27H29ClFN7O2. The summed E-state index contributed by atoms with van der Waals surface area (Å²) in [6.07, 6.45) is 3.49. The molecule has 0 bridgehead atoms. The second-order valence-electron chi connectivity index (χ2n) is 9.28. The van der Waals surface area contributed by atoms with E-state index in [1.165, 1.54) is 12.1 Å². The first kappa shape index (κ1) is 25.9. The summed E-state index contributed by atoms with van der Waals surface area (Å²) in [6.45, 7) is 2.66. The molecule has 1 fully saturated rings. The lowest BCUT2D eigenvalue weighted by molar-refractivity contribution is 0.159. The van der Waals surface area contributed by atoms with Crippen LogP contribution in [0.3, 0.4) is 0 Å². The second kappa shape index (κ2) is 11.3. The largest absolute Gasteiger partial charge is 0.383 e. The van der Waals surface area contributed by atoms with Crippen molar-refractivity contribution in [2.75, 3.05) is 38.7 Å². The van der Waals surface area contributed by atoms with E-state index < -0.39 is 6.03 Å². The summed E-state index contributed by atoms with van der Waals surface area (Å²) in [4.78, 5) is 15.6. The number of carbonyl (C=O) groups is 1. The number of aryl methyl sites for hydroxylation is 1. The minimum absolute atomic E-state index is 0.0151. The third kappa shape index (κ3) is 5.57. The van der Waals surface area contributed by atoms with Gasteiger partial charge in [0, 0.05) is 51.5 Å². The van der Waals surface area contributed by atoms with Crippen LogP contribution in [0, 0.1) is 5.82 Å². The summed E-state index contributed by atoms with van der Waals surface area (Å²) in [7, 11) is 3.48. The van der Waals surface area contributed by atoms with Gasteiger partial charge in [0.15, 0.2) is 5.82 Å². The van der Waals surface area contributed by atoms with E-state index in [9.17, 15) is 9.18 Å². The highest BCUT2D eigenvalue weighted by molar-refractivity contribution is 6.36. The van der Waals surface area contributed by atoms with Gasteiger partial charge in [0.25, 0.3) is 0 Å². The van der Waals surface area contributed by atoms with Crippen molar-refractivity contribution in [1.29, 1.82) is 0 Å². The highest BCUT2D eigenvalue weighted by atomic mass is 35.5. The SMILES string of the molecule is COCCN1C[C@@H](NC(=O)Nc2c(Cl)c(-c3cnn(C)c3)nn2-c2ccccc2)[C@H](c2ccc(F)cc2)C1. The molecule has 0 aliphatic carbocycles. The third-order valence-electron chi connectivity index (χ3n) is 6.66. The Morgan fingerprint density at radius 3 is 2.61 bits per heavy atom. The number of halogens is 2. The molecule has 11 heteroatoms. The minimum Gasteiger partial charge on any atom is -0.383 e. The van der Waals surface area contributed by atoms with E-state index in [0.717, 1.165) is 23.4 Å². The van der Waals surface area contributed by atoms with E-state index in [-0.39, 0.29) is 17.8 Å². The molecule has 4 aromatic rings. The molecule has 1 aliphatic rings. The number of hydrogen-bond donors (Lipinski definition) is 2. The second-order valence-corrected chi connectivity index (χ2v) is 9.65. The van der Waals surface area contributed by atoms with Crippen LogP contribution in [0.4, 0.5) is 15.0 Å². The summed E-state index contributed by atoms with van der Waals surface area (Å²) >= 11 is 6.78. The van der Waals surface area contributed by atoms with Gasteiger partial charge < -0.3 is 10.1 Å². The zero-order valence-corrected chi connectivity index (χ0v) is 21.9. The van der Waals surface area contributed by atoms with Crippen LogP contribution >= 0.6 is 11.6 Å². The van der Waals surface area contributed by atoms with Gasteiger partial charge in [-0.15, -0.1) is 0 Å². The summed E-state index contributed by atoms with van der Waals surface area (Å²) in [5.41, 5.74) is 2.95. The maximum absolute atomic E-state index is 13.6. The molecule has 2 amide bonds. The van der Waals surface area contributed by atoms with Gasteiger partial charge in [-0.1, -0.05) is 41.9 Å². The van der Waals surface area contributed by atoms with Gasteiger partial charge in [-0.25, -0.2) is 13.9 Å². The van der Waals surface area contributed by atoms with Crippen molar-refractivity contribution < 1.29 is 13.9 Å². The lowest BCUT2D eigenvalue weighted by Gasteiger charge is -2.21. The number of nitrogens with zero attached hydrogens (tertiary/aromatic N) is 5. The number of rotatable bonds is 8. The molecule has 1 aliphatic heterocycles. The van der Waals surface area contributed by atoms with Gasteiger partial charge in [-0.3, -0.25) is 14.9 Å². The highest BCUT2D eigenvalue weighted by Crippen LogP contribution is 2.35. The first-order valence-corrected chi connectivity index (χ1v) is 12.7. The quantitative estimate of drug-likeness (QED) is 0.350. The highest BCUT2D eigenvalue weighted by Gasteiger charge is 2.35. The van der Waals surface area contributed by atoms with Gasteiger partial charge in [0.2, 0.25) is 0 Å². The van der Waals surface area contributed by atoms with Crippen LogP contribution in [-0.2, 0) is 11.8 Å². The van der Waals surface area contributed by atoms with Gasteiger partial charge >= 0.3 is 6.03 Å². The maximum atomic E-state index is 13.6. The fourth-order valence-electron chi connectivity index (χ4n) is 4.79. The van der Waals surface area contributed by atoms with Crippen molar-refractivity contribution in [2.45, 2.75) is 12.0 Å². The normalized spacial score (nSPS) is 17.6. The van der Waals surface area contributed by atoms with Crippen molar-refractivity contribution in [1.82, 2.24) is 29.8 Å². The Kier molecular flexibility index (Phi) is 7.73. The van der Waals surface area contributed by atoms with Crippen LogP contribution in [0.5, 0.6) is 0 Å². The van der Waals surface area contributed by atoms with Crippen LogP contribution in [0.1, 0.15) is 11.5 Å². The standard InChI is InChI=1S/C27H29ClFN7O2/c1-34-15-19(14-30-34)25-24(28)26(36(33-25)21-6-4-3-5-7-21)32-27(37)31-23-17-35(12-13-38-2)16-22(23)18-8-10-20(29)11-9-18/h3-11,14-15,22-23H,12-13,16-17H2,1-2H3,(H2,31,32,37)/t22-,23+/m0/s1. The number of ether oxygens (including phenoxy) is 1. The number of amides is 2. The van der Waals surface area contributed by atoms with Crippen molar-refractivity contribution in [3.63, 3.8) is 0 Å². The smallest absolute Gasteiger partial charge is 0.320 e. The zero-order valence-electron chi connectivity index (χ0n) is 21.1. The lowest BCUT2D eigenvalue weighted by atomic mass is 9.94. The Morgan fingerprint density at radius 1 is 1.16 bits per heavy atom. The molecule has 0 unspecified atom stereocenters. The number of para-hydroxylation sites is 1. The molecule has 3 heterocycles. The van der Waals surface area contributed by atoms with E-state index in [2.05, 4.69) is 20.6 Å². The van der Waals surface area contributed by atoms with Gasteiger partial charge in [-0.05, 0) is 29.8 Å². The molecule has 2 atom stereocenters. The van der Waals surface area contributed by atoms with Crippen molar-refractivity contribution in [2.24, 2.45) is 7.05 Å². The van der Waals surface area contributed by atoms with Gasteiger partial charge in [0.05, 0.1) is 24.5 Å². The third-order valence-corrected chi connectivity index (χ3v) is 7.02. The number of benzene rings is 2. The molecule has 0 radical (unpaired) electrons. The van der Waals surface area contributed by atoms with Crippen LogP contribution in [0.25, 0.3) is 16.9 Å². The molecule has 0 saturated carbocycles. The molecular weight excluding hydrogens is 509 g/mol. The van der Waals surface area contributed by atoms with E-state index in [1.807, 2.05) is 43.6 Å². The summed E-state index contributed by atoms with van der Waals surface area (Å²) < 4.78 is 22.1. The fraction of sp³-hybridized carbons (Fsp3) is 0.296. The molecule has 9 nitrogen and oxygen atoms in total. The molecule has 2 N–H and O–H groups in total. The maximum Gasteiger partial charge on any atom is 0.320 e. The van der Waals surface area contributed by atoms with E-state index >= 15 is 0 Å². The van der Waals surface area contributed by atoms with E-state index in [4.69, 9.17) is 21.4 Å². The monoisotopic (exact) mass is 537 g/mol. The molecule has 2 aromatic heterocycles. The van der Waals surface area contributed by atoms with Gasteiger partial charge in [-0.2, -0.15) is 10.2 Å². The molecule has 198 valence electrons. The number of carbonyl (C=O) groups excluding carboxylic acids is 1. The fourth-order valence-corrected chi connectivity index (χ4v) is 5.06. The molecule has 2 aromatic carbocycles. The average molecular weight is 538 g/mol. The first-order chi connectivity index (χ1) is 18.4. The zero-order chi connectivity index (χ0) is 26.6. The first-order valence-electron chi connectivity index (χ1n) is 12.3. The molecule has 5 rings (SSSR count). The number of likely N-dealkylation sites (tertiary alicyclic amines) is 1. The summed E-state index contributed by atoms with van der Waals surface area (Å²) in [5.74, 6) is 0.0407.